The molecule has 1 aliphatic rings. The third-order valence-corrected chi connectivity index (χ3v) is 6.35. The summed E-state index contributed by atoms with van der Waals surface area (Å²) in [6, 6.07) is 8.07. The summed E-state index contributed by atoms with van der Waals surface area (Å²) in [4.78, 5) is 17.5. The number of hydrogen-bond acceptors (Lipinski definition) is 5. The van der Waals surface area contributed by atoms with Crippen LogP contribution >= 0.6 is 11.8 Å². The van der Waals surface area contributed by atoms with Crippen LogP contribution in [0.2, 0.25) is 0 Å². The van der Waals surface area contributed by atoms with Crippen molar-refractivity contribution in [2.45, 2.75) is 28.9 Å². The van der Waals surface area contributed by atoms with Crippen molar-refractivity contribution in [3.63, 3.8) is 0 Å². The van der Waals surface area contributed by atoms with Crippen molar-refractivity contribution in [3.05, 3.63) is 30.3 Å². The summed E-state index contributed by atoms with van der Waals surface area (Å²) in [7, 11) is -2.28. The normalized spacial score (nSPS) is 23.3. The zero-order valence-electron chi connectivity index (χ0n) is 11.4. The second kappa shape index (κ2) is 6.15. The van der Waals surface area contributed by atoms with Gasteiger partial charge in [0, 0.05) is 6.42 Å². The zero-order valence-corrected chi connectivity index (χ0v) is 13.0. The highest BCUT2D eigenvalue weighted by Crippen LogP contribution is 2.34. The van der Waals surface area contributed by atoms with Gasteiger partial charge in [0.15, 0.2) is 9.84 Å². The van der Waals surface area contributed by atoms with Gasteiger partial charge in [-0.1, -0.05) is 25.1 Å². The highest BCUT2D eigenvalue weighted by Gasteiger charge is 2.47. The molecular formula is C13H17NO4S2. The van der Waals surface area contributed by atoms with Crippen molar-refractivity contribution in [3.8, 4) is 0 Å². The Labute approximate surface area is 123 Å². The first kappa shape index (κ1) is 15.3. The van der Waals surface area contributed by atoms with E-state index in [1.165, 1.54) is 36.1 Å². The molecule has 0 N–H and O–H groups in total. The Bertz CT molecular complexity index is 573. The number of hydroxylamine groups is 2. The molecule has 20 heavy (non-hydrogen) atoms. The molecule has 7 heteroatoms. The molecule has 1 aromatic rings. The van der Waals surface area contributed by atoms with Gasteiger partial charge in [0.25, 0.3) is 5.91 Å². The lowest BCUT2D eigenvalue weighted by molar-refractivity contribution is -0.169. The molecule has 0 spiro atoms. The number of nitrogens with zero attached hydrogens (tertiary/aromatic N) is 1. The van der Waals surface area contributed by atoms with Gasteiger partial charge in [-0.15, -0.1) is 11.8 Å². The summed E-state index contributed by atoms with van der Waals surface area (Å²) >= 11 is 1.51. The van der Waals surface area contributed by atoms with Gasteiger partial charge in [0.2, 0.25) is 0 Å². The van der Waals surface area contributed by atoms with Crippen molar-refractivity contribution < 1.29 is 18.0 Å². The lowest BCUT2D eigenvalue weighted by atomic mass is 10.3. The summed E-state index contributed by atoms with van der Waals surface area (Å²) in [6.07, 6.45) is 0.252. The Kier molecular flexibility index (Phi) is 4.72. The Balaban J connectivity index is 2.32. The standard InChI is InChI=1S/C13H17NO4S2/c1-3-19-12-9-11(13(15)14(12)18-2)20(16,17)10-7-5-4-6-8-10/h4-8,11-12H,3,9H2,1-2H3. The molecular weight excluding hydrogens is 298 g/mol. The fourth-order valence-corrected chi connectivity index (χ4v) is 5.06. The Morgan fingerprint density at radius 1 is 1.35 bits per heavy atom. The maximum absolute atomic E-state index is 12.5. The third-order valence-electron chi connectivity index (χ3n) is 3.17. The fraction of sp³-hybridized carbons (Fsp3) is 0.462. The van der Waals surface area contributed by atoms with Gasteiger partial charge < -0.3 is 0 Å². The van der Waals surface area contributed by atoms with Crippen LogP contribution in [-0.2, 0) is 19.5 Å². The first-order valence-corrected chi connectivity index (χ1v) is 8.89. The molecule has 5 nitrogen and oxygen atoms in total. The molecule has 0 saturated carbocycles. The molecule has 0 aromatic heterocycles. The number of rotatable bonds is 5. The third kappa shape index (κ3) is 2.70. The summed E-state index contributed by atoms with van der Waals surface area (Å²) < 4.78 is 25.1. The second-order valence-corrected chi connectivity index (χ2v) is 7.92. The smallest absolute Gasteiger partial charge is 0.266 e. The first-order chi connectivity index (χ1) is 9.52. The van der Waals surface area contributed by atoms with E-state index in [4.69, 9.17) is 4.84 Å². The summed E-state index contributed by atoms with van der Waals surface area (Å²) in [5, 5.41) is -0.130. The van der Waals surface area contributed by atoms with E-state index in [9.17, 15) is 13.2 Å². The van der Waals surface area contributed by atoms with E-state index in [-0.39, 0.29) is 16.7 Å². The molecule has 0 radical (unpaired) electrons. The number of hydrogen-bond donors (Lipinski definition) is 0. The summed E-state index contributed by atoms with van der Waals surface area (Å²) in [5.74, 6) is 0.304. The van der Waals surface area contributed by atoms with Gasteiger partial charge >= 0.3 is 0 Å². The Morgan fingerprint density at radius 3 is 2.55 bits per heavy atom. The van der Waals surface area contributed by atoms with Crippen LogP contribution in [-0.4, -0.2) is 42.9 Å². The van der Waals surface area contributed by atoms with Crippen molar-refractivity contribution >= 4 is 27.5 Å². The lowest BCUT2D eigenvalue weighted by Crippen LogP contribution is -2.35. The molecule has 0 bridgehead atoms. The van der Waals surface area contributed by atoms with E-state index in [1.807, 2.05) is 6.92 Å². The van der Waals surface area contributed by atoms with Gasteiger partial charge in [0.1, 0.15) is 10.6 Å². The highest BCUT2D eigenvalue weighted by molar-refractivity contribution is 8.00. The Morgan fingerprint density at radius 2 is 2.00 bits per heavy atom. The monoisotopic (exact) mass is 315 g/mol. The van der Waals surface area contributed by atoms with Crippen molar-refractivity contribution in [2.75, 3.05) is 12.9 Å². The van der Waals surface area contributed by atoms with E-state index < -0.39 is 21.0 Å². The van der Waals surface area contributed by atoms with E-state index >= 15 is 0 Å². The second-order valence-electron chi connectivity index (χ2n) is 4.34. The van der Waals surface area contributed by atoms with Gasteiger partial charge in [0.05, 0.1) is 12.0 Å². The van der Waals surface area contributed by atoms with Crippen molar-refractivity contribution in [2.24, 2.45) is 0 Å². The number of carbonyl (C=O) groups is 1. The number of thioether (sulfide) groups is 1. The average molecular weight is 315 g/mol. The van der Waals surface area contributed by atoms with Gasteiger partial charge in [-0.25, -0.2) is 13.5 Å². The Hall–Kier alpha value is -1.05. The van der Waals surface area contributed by atoms with Crippen LogP contribution in [0, 0.1) is 0 Å². The van der Waals surface area contributed by atoms with Crippen molar-refractivity contribution in [1.29, 1.82) is 0 Å². The molecule has 2 rings (SSSR count). The van der Waals surface area contributed by atoms with Crippen LogP contribution < -0.4 is 0 Å². The molecule has 2 atom stereocenters. The molecule has 0 aliphatic carbocycles. The van der Waals surface area contributed by atoms with E-state index in [0.717, 1.165) is 5.75 Å². The van der Waals surface area contributed by atoms with Gasteiger partial charge in [-0.2, -0.15) is 0 Å². The van der Waals surface area contributed by atoms with E-state index in [1.54, 1.807) is 18.2 Å². The minimum Gasteiger partial charge on any atom is -0.273 e. The predicted molar refractivity (Wildman–Crippen MR) is 77.8 cm³/mol. The number of sulfone groups is 1. The first-order valence-electron chi connectivity index (χ1n) is 6.30. The number of amides is 1. The van der Waals surface area contributed by atoms with Crippen LogP contribution in [0.15, 0.2) is 35.2 Å². The lowest BCUT2D eigenvalue weighted by Gasteiger charge is -2.20. The van der Waals surface area contributed by atoms with E-state index in [0.29, 0.717) is 0 Å². The molecule has 1 amide bonds. The minimum atomic E-state index is -3.67. The molecule has 1 heterocycles. The summed E-state index contributed by atoms with van der Waals surface area (Å²) in [6.45, 7) is 1.96. The maximum Gasteiger partial charge on any atom is 0.266 e. The maximum atomic E-state index is 12.5. The molecule has 1 saturated heterocycles. The summed E-state index contributed by atoms with van der Waals surface area (Å²) in [5.41, 5.74) is 0. The largest absolute Gasteiger partial charge is 0.273 e. The van der Waals surface area contributed by atoms with E-state index in [2.05, 4.69) is 0 Å². The predicted octanol–water partition coefficient (Wildman–Crippen LogP) is 1.70. The molecule has 2 unspecified atom stereocenters. The van der Waals surface area contributed by atoms with Crippen LogP contribution in [0.3, 0.4) is 0 Å². The minimum absolute atomic E-state index is 0.177. The fourth-order valence-electron chi connectivity index (χ4n) is 2.23. The molecule has 1 aliphatic heterocycles. The quantitative estimate of drug-likeness (QED) is 0.827. The van der Waals surface area contributed by atoms with Crippen LogP contribution in [0.1, 0.15) is 13.3 Å². The number of carbonyl (C=O) groups excluding carboxylic acids is 1. The van der Waals surface area contributed by atoms with Crippen LogP contribution in [0.25, 0.3) is 0 Å². The van der Waals surface area contributed by atoms with Gasteiger partial charge in [-0.3, -0.25) is 9.63 Å². The molecule has 1 fully saturated rings. The SMILES string of the molecule is CCSC1CC(S(=O)(=O)c2ccccc2)C(=O)N1OC. The number of benzene rings is 1. The molecule has 110 valence electrons. The van der Waals surface area contributed by atoms with Gasteiger partial charge in [-0.05, 0) is 17.9 Å². The van der Waals surface area contributed by atoms with Crippen LogP contribution in [0.5, 0.6) is 0 Å². The van der Waals surface area contributed by atoms with Crippen LogP contribution in [0.4, 0.5) is 0 Å². The van der Waals surface area contributed by atoms with Crippen molar-refractivity contribution in [1.82, 2.24) is 5.06 Å². The topological polar surface area (TPSA) is 63.7 Å². The highest BCUT2D eigenvalue weighted by atomic mass is 32.2. The zero-order chi connectivity index (χ0) is 14.8. The average Bonchev–Trinajstić information content (AvgIpc) is 2.77. The molecule has 1 aromatic carbocycles.